The molecule has 0 spiro atoms. The second-order valence-corrected chi connectivity index (χ2v) is 16.6. The molecule has 1 N–H and O–H groups in total. The van der Waals surface area contributed by atoms with Crippen LogP contribution in [-0.2, 0) is 30.4 Å². The van der Waals surface area contributed by atoms with Crippen molar-refractivity contribution >= 4 is 16.9 Å². The highest BCUT2D eigenvalue weighted by Crippen LogP contribution is 2.46. The monoisotopic (exact) mass is 857 g/mol. The molecule has 1 atom stereocenters. The number of nitrogens with zero attached hydrogens (tertiary/aromatic N) is 1. The molecule has 1 aliphatic rings. The average molecular weight is 858 g/mol. The van der Waals surface area contributed by atoms with Crippen molar-refractivity contribution in [2.75, 3.05) is 0 Å². The zero-order valence-electron chi connectivity index (χ0n) is 35.2. The number of ether oxygens (including phenoxy) is 1. The summed E-state index contributed by atoms with van der Waals surface area (Å²) in [5.41, 5.74) is 11.6. The summed E-state index contributed by atoms with van der Waals surface area (Å²) in [6.07, 6.45) is -3.34. The fourth-order valence-corrected chi connectivity index (χ4v) is 9.42. The molecule has 9 aromatic rings. The molecule has 7 heteroatoms. The van der Waals surface area contributed by atoms with E-state index in [4.69, 9.17) is 9.72 Å². The quantitative estimate of drug-likeness (QED) is 0.133. The lowest BCUT2D eigenvalue weighted by atomic mass is 9.77. The summed E-state index contributed by atoms with van der Waals surface area (Å²) < 4.78 is 50.8. The van der Waals surface area contributed by atoms with Gasteiger partial charge < -0.3 is 9.84 Å². The van der Waals surface area contributed by atoms with Gasteiger partial charge in [-0.2, -0.15) is 13.2 Å². The van der Waals surface area contributed by atoms with Crippen molar-refractivity contribution in [3.63, 3.8) is 0 Å². The lowest BCUT2D eigenvalue weighted by molar-refractivity contribution is -0.139. The van der Waals surface area contributed by atoms with E-state index in [1.807, 2.05) is 146 Å². The summed E-state index contributed by atoms with van der Waals surface area (Å²) in [5, 5.41) is 11.0. The van der Waals surface area contributed by atoms with Crippen LogP contribution in [0.4, 0.5) is 13.2 Å². The van der Waals surface area contributed by atoms with Gasteiger partial charge in [0.25, 0.3) is 0 Å². The maximum Gasteiger partial charge on any atom is 0.418 e. The number of carboxylic acid groups (broad SMARTS) is 1. The molecule has 0 saturated heterocycles. The Hall–Kier alpha value is -7.77. The molecule has 65 heavy (non-hydrogen) atoms. The average Bonchev–Trinajstić information content (AvgIpc) is 3.71. The number of halogens is 3. The zero-order chi connectivity index (χ0) is 44.5. The molecule has 1 aromatic heterocycles. The molecule has 1 aliphatic carbocycles. The fourth-order valence-electron chi connectivity index (χ4n) is 9.42. The van der Waals surface area contributed by atoms with E-state index in [0.717, 1.165) is 56.1 Å². The minimum absolute atomic E-state index is 0.113. The Balaban J connectivity index is 0.999. The van der Waals surface area contributed by atoms with Crippen LogP contribution in [0.5, 0.6) is 5.75 Å². The summed E-state index contributed by atoms with van der Waals surface area (Å²) in [4.78, 5) is 17.9. The van der Waals surface area contributed by atoms with Crippen molar-refractivity contribution in [2.45, 2.75) is 37.5 Å². The fraction of sp³-hybridized carbons (Fsp3) is 0.103. The highest BCUT2D eigenvalue weighted by molar-refractivity contribution is 5.99. The Kier molecular flexibility index (Phi) is 11.1. The molecule has 0 bridgehead atoms. The van der Waals surface area contributed by atoms with Crippen LogP contribution in [0.3, 0.4) is 0 Å². The normalized spacial score (nSPS) is 12.5. The van der Waals surface area contributed by atoms with Gasteiger partial charge in [0.15, 0.2) is 0 Å². The van der Waals surface area contributed by atoms with Crippen LogP contribution in [0.25, 0.3) is 44.4 Å². The molecule has 0 amide bonds. The van der Waals surface area contributed by atoms with Gasteiger partial charge in [-0.1, -0.05) is 170 Å². The smallest absolute Gasteiger partial charge is 0.418 e. The number of rotatable bonds is 12. The van der Waals surface area contributed by atoms with Crippen LogP contribution in [0, 0.1) is 0 Å². The molecular weight excluding hydrogens is 816 g/mol. The Morgan fingerprint density at radius 2 is 1.23 bits per heavy atom. The van der Waals surface area contributed by atoms with Crippen LogP contribution in [0.15, 0.2) is 200 Å². The van der Waals surface area contributed by atoms with Gasteiger partial charge >= 0.3 is 12.1 Å². The van der Waals surface area contributed by atoms with Gasteiger partial charge in [0.2, 0.25) is 0 Å². The largest absolute Gasteiger partial charge is 0.489 e. The molecule has 0 radical (unpaired) electrons. The van der Waals surface area contributed by atoms with Crippen molar-refractivity contribution in [3.05, 3.63) is 250 Å². The van der Waals surface area contributed by atoms with E-state index in [2.05, 4.69) is 36.4 Å². The molecule has 8 aromatic carbocycles. The second kappa shape index (κ2) is 17.4. The lowest BCUT2D eigenvalue weighted by Crippen LogP contribution is -2.21. The van der Waals surface area contributed by atoms with Gasteiger partial charge in [0.1, 0.15) is 12.4 Å². The van der Waals surface area contributed by atoms with Crippen molar-refractivity contribution < 1.29 is 27.8 Å². The first-order valence-corrected chi connectivity index (χ1v) is 21.6. The summed E-state index contributed by atoms with van der Waals surface area (Å²) in [7, 11) is 0. The Labute approximate surface area is 375 Å². The van der Waals surface area contributed by atoms with E-state index < -0.39 is 29.5 Å². The first-order valence-electron chi connectivity index (χ1n) is 21.6. The number of hydrogen-bond acceptors (Lipinski definition) is 3. The Morgan fingerprint density at radius 1 is 0.585 bits per heavy atom. The molecule has 4 nitrogen and oxygen atoms in total. The summed E-state index contributed by atoms with van der Waals surface area (Å²) in [6, 6.07) is 63.1. The number of fused-ring (bicyclic) bond motifs is 4. The predicted octanol–water partition coefficient (Wildman–Crippen LogP) is 14.3. The minimum Gasteiger partial charge on any atom is -0.489 e. The van der Waals surface area contributed by atoms with E-state index in [-0.39, 0.29) is 12.1 Å². The lowest BCUT2D eigenvalue weighted by Gasteiger charge is -2.26. The van der Waals surface area contributed by atoms with Crippen LogP contribution in [0.1, 0.15) is 61.9 Å². The highest BCUT2D eigenvalue weighted by atomic mass is 19.4. The summed E-state index contributed by atoms with van der Waals surface area (Å²) >= 11 is 0. The molecule has 0 aliphatic heterocycles. The number of benzene rings is 8. The first-order chi connectivity index (χ1) is 31.7. The third kappa shape index (κ3) is 8.41. The maximum absolute atomic E-state index is 14.8. The highest BCUT2D eigenvalue weighted by Gasteiger charge is 2.35. The number of alkyl halides is 3. The van der Waals surface area contributed by atoms with E-state index in [1.165, 1.54) is 11.6 Å². The van der Waals surface area contributed by atoms with Gasteiger partial charge in [-0.05, 0) is 110 Å². The maximum atomic E-state index is 14.8. The SMILES string of the molecule is O=C(O)C(c1ccc(COc2cccc(-c3cc(-c4cc(Cc5ccccc5)cc5c4Cc4ccccc4-5)nc4c(C(F)(F)F)cccc34)c2)cc1)C(c1ccccc1)c1ccccc1. The predicted molar refractivity (Wildman–Crippen MR) is 251 cm³/mol. The summed E-state index contributed by atoms with van der Waals surface area (Å²) in [5.74, 6) is -1.64. The minimum atomic E-state index is -4.63. The van der Waals surface area contributed by atoms with Gasteiger partial charge in [-0.3, -0.25) is 4.79 Å². The van der Waals surface area contributed by atoms with Crippen molar-refractivity contribution in [1.82, 2.24) is 4.98 Å². The van der Waals surface area contributed by atoms with Gasteiger partial charge in [-0.25, -0.2) is 4.98 Å². The van der Waals surface area contributed by atoms with Gasteiger partial charge in [-0.15, -0.1) is 0 Å². The van der Waals surface area contributed by atoms with E-state index in [0.29, 0.717) is 46.4 Å². The number of hydrogen-bond donors (Lipinski definition) is 1. The topological polar surface area (TPSA) is 59.4 Å². The zero-order valence-corrected chi connectivity index (χ0v) is 35.2. The molecule has 1 heterocycles. The molecular formula is C58H42F3NO3. The number of pyridine rings is 1. The van der Waals surface area contributed by atoms with Crippen molar-refractivity contribution in [2.24, 2.45) is 0 Å². The number of aliphatic carboxylic acids is 1. The van der Waals surface area contributed by atoms with E-state index in [9.17, 15) is 23.1 Å². The molecule has 318 valence electrons. The van der Waals surface area contributed by atoms with Crippen LogP contribution in [-0.4, -0.2) is 16.1 Å². The number of para-hydroxylation sites is 1. The first kappa shape index (κ1) is 41.3. The van der Waals surface area contributed by atoms with Crippen LogP contribution < -0.4 is 4.74 Å². The molecule has 1 unspecified atom stereocenters. The van der Waals surface area contributed by atoms with Crippen LogP contribution in [0.2, 0.25) is 0 Å². The van der Waals surface area contributed by atoms with Crippen molar-refractivity contribution in [1.29, 1.82) is 0 Å². The van der Waals surface area contributed by atoms with Crippen LogP contribution >= 0.6 is 0 Å². The van der Waals surface area contributed by atoms with E-state index >= 15 is 0 Å². The third-order valence-corrected chi connectivity index (χ3v) is 12.5. The van der Waals surface area contributed by atoms with E-state index in [1.54, 1.807) is 6.07 Å². The number of carbonyl (C=O) groups is 1. The second-order valence-electron chi connectivity index (χ2n) is 16.6. The van der Waals surface area contributed by atoms with Gasteiger partial charge in [0.05, 0.1) is 22.7 Å². The standard InChI is InChI=1S/C58H42F3NO3/c59-58(60,61)52-25-13-24-47-48(35-53(62-56(47)52)51-32-39(30-37-14-4-1-5-15-37)31-49-46-23-11-10-20-44(46)34-50(49)51)43-21-12-22-45(33-43)65-36-38-26-28-42(29-27-38)55(57(63)64)54(40-16-6-2-7-17-40)41-18-8-3-9-19-41/h1-29,31-33,35,54-55H,30,34,36H2,(H,63,64). The molecule has 0 fully saturated rings. The Bertz CT molecular complexity index is 3130. The Morgan fingerprint density at radius 3 is 1.92 bits per heavy atom. The summed E-state index contributed by atoms with van der Waals surface area (Å²) in [6.45, 7) is 0.184. The number of carboxylic acids is 1. The molecule has 0 saturated carbocycles. The third-order valence-electron chi connectivity index (χ3n) is 12.5. The van der Waals surface area contributed by atoms with Gasteiger partial charge in [0, 0.05) is 16.9 Å². The number of aromatic nitrogens is 1. The van der Waals surface area contributed by atoms with Crippen molar-refractivity contribution in [3.8, 4) is 39.3 Å². The molecule has 10 rings (SSSR count).